The van der Waals surface area contributed by atoms with Gasteiger partial charge in [0.25, 0.3) is 0 Å². The Morgan fingerprint density at radius 2 is 0.439 bits per heavy atom. The third-order valence-electron chi connectivity index (χ3n) is 10.7. The van der Waals surface area contributed by atoms with E-state index in [0.29, 0.717) is 13.6 Å². The number of ether oxygens (including phenoxy) is 10. The lowest BCUT2D eigenvalue weighted by Crippen LogP contribution is -2.21. The maximum absolute atomic E-state index is 5.07. The highest BCUT2D eigenvalue weighted by Crippen LogP contribution is 2.15. The Morgan fingerprint density at radius 1 is 0.187 bits per heavy atom. The van der Waals surface area contributed by atoms with Gasteiger partial charge in [-0.05, 0) is 165 Å². The van der Waals surface area contributed by atoms with Crippen LogP contribution in [0.5, 0.6) is 0 Å². The van der Waals surface area contributed by atoms with Gasteiger partial charge in [-0.15, -0.1) is 0 Å². The van der Waals surface area contributed by atoms with Gasteiger partial charge in [0.05, 0.1) is 86.0 Å². The standard InChI is InChI=1S/C5H11N.C5H10O.C5H10S.C4H9N.C4H7N.2C4H8O2.C4H8OS.C4H8O.C4H8S.2C3H7NO.C3H6O2.26C2H6/c3*1-2-4-6-5-3-1;2*1-2-4-5-3-1;1-2-6-4-3-5-1;1-2-5-4-6-3-1;1-3-6-4-2-5-1;2*1-2-4-5-3-1;1-2-5-3-4-1;1-2-4-5-3-1;1-2-5-3-4-1;26*1-2/h6H,1-5H2;2*1-5H2;5H,1-4H2;3H,1-2,4H2;3*1-4H2;2*1-4H2;2*4H,1-3H2;1-3H2;26*1-2H3. The Kier molecular flexibility index (Phi) is 561. The SMILES string of the molecule is C1=NCCC1.C1CCNC1.C1CCNCC1.C1CCOC1.C1CCOCC1.C1CCSC1.C1CCSCC1.C1CNOC1.C1COCCO1.C1COCN1.C1COCO1.C1COCOC1.C1CSCCO1.CC.CC.CC.CC.CC.CC.CC.CC.CC.CC.CC.CC.CC.CC.CC.CC.CC.CC.CC.CC.CC.CC.CC.CC.CC.CC. The van der Waals surface area contributed by atoms with E-state index >= 15 is 0 Å². The van der Waals surface area contributed by atoms with Gasteiger partial charge in [-0.3, -0.25) is 10.3 Å². The third kappa shape index (κ3) is 348. The Labute approximate surface area is 803 Å². The Bertz CT molecular complexity index is 678. The van der Waals surface area contributed by atoms with Gasteiger partial charge in [0.15, 0.2) is 0 Å². The molecular formula is C104H263N5O11S3. The smallest absolute Gasteiger partial charge is 0.146 e. The van der Waals surface area contributed by atoms with Crippen molar-refractivity contribution in [3.8, 4) is 0 Å². The molecule has 0 aromatic heterocycles. The summed E-state index contributed by atoms with van der Waals surface area (Å²) in [6.45, 7) is 128. The lowest BCUT2D eigenvalue weighted by atomic mass is 10.2. The molecule has 4 N–H and O–H groups in total. The van der Waals surface area contributed by atoms with Crippen molar-refractivity contribution in [2.45, 2.75) is 482 Å². The fraction of sp³-hybridized carbons (Fsp3) is 0.990. The first kappa shape index (κ1) is 195. The van der Waals surface area contributed by atoms with E-state index in [-0.39, 0.29) is 0 Å². The molecular weight excluding hydrogens is 1590 g/mol. The first-order valence-electron chi connectivity index (χ1n) is 54.0. The van der Waals surface area contributed by atoms with E-state index in [4.69, 9.17) is 52.2 Å². The molecule has 13 rings (SSSR count). The third-order valence-corrected chi connectivity index (χ3v) is 14.0. The van der Waals surface area contributed by atoms with Crippen molar-refractivity contribution >= 4 is 41.5 Å². The minimum atomic E-state index is 0.500. The minimum Gasteiger partial charge on any atom is -0.381 e. The second kappa shape index (κ2) is 354. The fourth-order valence-electron chi connectivity index (χ4n) is 6.61. The van der Waals surface area contributed by atoms with Crippen LogP contribution in [0.3, 0.4) is 0 Å². The Balaban J connectivity index is -0.0000000331. The average molecular weight is 1860 g/mol. The second-order valence-electron chi connectivity index (χ2n) is 17.3. The number of hydroxylamine groups is 1. The first-order chi connectivity index (χ1) is 61.5. The monoisotopic (exact) mass is 1850 g/mol. The van der Waals surface area contributed by atoms with Crippen LogP contribution in [0, 0.1) is 0 Å². The maximum atomic E-state index is 5.07. The van der Waals surface area contributed by atoms with Crippen LogP contribution in [0.4, 0.5) is 0 Å². The lowest BCUT2D eigenvalue weighted by Gasteiger charge is -2.09. The van der Waals surface area contributed by atoms with Crippen molar-refractivity contribution in [1.82, 2.24) is 21.4 Å². The highest BCUT2D eigenvalue weighted by molar-refractivity contribution is 7.99. The van der Waals surface area contributed by atoms with E-state index in [1.54, 1.807) is 0 Å². The number of aliphatic imine (C=N–C) groups is 1. The Morgan fingerprint density at radius 3 is 0.545 bits per heavy atom. The molecule has 788 valence electrons. The van der Waals surface area contributed by atoms with Crippen LogP contribution < -0.4 is 21.4 Å². The number of piperidine rings is 1. The van der Waals surface area contributed by atoms with Gasteiger partial charge in [0.2, 0.25) is 0 Å². The van der Waals surface area contributed by atoms with Gasteiger partial charge in [-0.1, -0.05) is 373 Å². The summed E-state index contributed by atoms with van der Waals surface area (Å²) >= 11 is 6.14. The largest absolute Gasteiger partial charge is 0.381 e. The number of nitrogens with one attached hydrogen (secondary N) is 4. The van der Waals surface area contributed by atoms with Gasteiger partial charge in [0, 0.05) is 57.6 Å². The van der Waals surface area contributed by atoms with E-state index in [2.05, 4.69) is 49.9 Å². The molecule has 0 amide bonds. The van der Waals surface area contributed by atoms with Crippen molar-refractivity contribution in [3.63, 3.8) is 0 Å². The summed E-state index contributed by atoms with van der Waals surface area (Å²) in [7, 11) is 0. The topological polar surface area (TPSA) is 162 Å². The second-order valence-corrected chi connectivity index (χ2v) is 21.0. The molecule has 0 aromatic carbocycles. The molecule has 0 saturated carbocycles. The van der Waals surface area contributed by atoms with Gasteiger partial charge in [-0.2, -0.15) is 35.3 Å². The molecule has 0 unspecified atom stereocenters. The fourth-order valence-corrected chi connectivity index (χ4v) is 9.33. The lowest BCUT2D eigenvalue weighted by molar-refractivity contribution is -0.0963. The van der Waals surface area contributed by atoms with Crippen molar-refractivity contribution < 1.29 is 52.2 Å². The summed E-state index contributed by atoms with van der Waals surface area (Å²) in [6, 6.07) is 0. The van der Waals surface area contributed by atoms with Crippen molar-refractivity contribution in [1.29, 1.82) is 0 Å². The average Bonchev–Trinajstić information content (AvgIpc) is 2.15. The molecule has 19 heteroatoms. The van der Waals surface area contributed by atoms with Crippen molar-refractivity contribution in [3.05, 3.63) is 0 Å². The zero-order chi connectivity index (χ0) is 102. The van der Waals surface area contributed by atoms with E-state index in [1.165, 1.54) is 176 Å². The van der Waals surface area contributed by atoms with Gasteiger partial charge >= 0.3 is 0 Å². The van der Waals surface area contributed by atoms with E-state index in [0.717, 1.165) is 138 Å². The molecule has 12 fully saturated rings. The molecule has 13 aliphatic rings. The molecule has 13 heterocycles. The highest BCUT2D eigenvalue weighted by Gasteiger charge is 2.01. The van der Waals surface area contributed by atoms with E-state index < -0.39 is 0 Å². The number of thioether (sulfide) groups is 3. The van der Waals surface area contributed by atoms with Crippen LogP contribution >= 0.6 is 35.3 Å². The quantitative estimate of drug-likeness (QED) is 0.181. The molecule has 0 radical (unpaired) electrons. The van der Waals surface area contributed by atoms with E-state index in [1.807, 2.05) is 378 Å². The first-order valence-corrected chi connectivity index (χ1v) is 57.4. The van der Waals surface area contributed by atoms with Gasteiger partial charge < -0.3 is 62.8 Å². The predicted octanol–water partition coefficient (Wildman–Crippen LogP) is 34.7. The number of hydrogen-bond donors (Lipinski definition) is 4. The summed E-state index contributed by atoms with van der Waals surface area (Å²) < 4.78 is 48.9. The Hall–Kier alpha value is 0.120. The molecule has 13 aliphatic heterocycles. The van der Waals surface area contributed by atoms with Gasteiger partial charge in [0.1, 0.15) is 13.6 Å². The molecule has 16 nitrogen and oxygen atoms in total. The maximum Gasteiger partial charge on any atom is 0.146 e. The van der Waals surface area contributed by atoms with Crippen LogP contribution in [-0.2, 0) is 52.2 Å². The predicted molar refractivity (Wildman–Crippen MR) is 594 cm³/mol. The highest BCUT2D eigenvalue weighted by atomic mass is 32.2. The van der Waals surface area contributed by atoms with Crippen LogP contribution in [-0.4, -0.2) is 213 Å². The summed E-state index contributed by atoms with van der Waals surface area (Å²) in [5, 5.41) is 9.51. The van der Waals surface area contributed by atoms with Crippen molar-refractivity contribution in [2.75, 3.05) is 206 Å². The summed E-state index contributed by atoms with van der Waals surface area (Å²) in [5.41, 5.74) is 2.72. The number of hydrogen-bond acceptors (Lipinski definition) is 19. The van der Waals surface area contributed by atoms with Crippen LogP contribution in [0.15, 0.2) is 4.99 Å². The number of rotatable bonds is 0. The summed E-state index contributed by atoms with van der Waals surface area (Å²) in [6.07, 6.45) is 27.5. The number of nitrogens with zero attached hydrogens (tertiary/aromatic N) is 1. The van der Waals surface area contributed by atoms with Crippen LogP contribution in [0.2, 0.25) is 0 Å². The summed E-state index contributed by atoms with van der Waals surface area (Å²) in [4.78, 5) is 8.65. The van der Waals surface area contributed by atoms with E-state index in [9.17, 15) is 0 Å². The zero-order valence-electron chi connectivity index (χ0n) is 96.8. The molecule has 0 aromatic rings. The molecule has 12 saturated heterocycles. The molecule has 0 spiro atoms. The summed E-state index contributed by atoms with van der Waals surface area (Å²) in [5.74, 6) is 8.06. The van der Waals surface area contributed by atoms with Crippen LogP contribution in [0.25, 0.3) is 0 Å². The normalized spacial score (nSPS) is 15.0. The van der Waals surface area contributed by atoms with Gasteiger partial charge in [-0.25, -0.2) is 5.48 Å². The minimum absolute atomic E-state index is 0.500. The van der Waals surface area contributed by atoms with Crippen LogP contribution in [0.1, 0.15) is 482 Å². The molecule has 123 heavy (non-hydrogen) atoms. The zero-order valence-corrected chi connectivity index (χ0v) is 99.3. The molecule has 0 aliphatic carbocycles. The molecule has 0 atom stereocenters. The molecule has 0 bridgehead atoms. The van der Waals surface area contributed by atoms with Crippen molar-refractivity contribution in [2.24, 2.45) is 4.99 Å².